The number of carbonyl (C=O) groups excluding carboxylic acids is 12. The molecule has 24 heteroatoms. The number of ketones is 2. The number of aromatic carboxylic acids is 1. The van der Waals surface area contributed by atoms with Crippen molar-refractivity contribution in [1.29, 1.82) is 0 Å². The number of benzene rings is 5. The molecule has 2 amide bonds. The largest absolute Gasteiger partial charge is 0.550 e. The van der Waals surface area contributed by atoms with Gasteiger partial charge in [0.1, 0.15) is 41.8 Å². The van der Waals surface area contributed by atoms with Crippen molar-refractivity contribution in [3.63, 3.8) is 0 Å². The first-order valence-corrected chi connectivity index (χ1v) is 39.2. The molecule has 1 saturated heterocycles. The number of anilines is 1. The minimum atomic E-state index is -2.66. The van der Waals surface area contributed by atoms with Crippen molar-refractivity contribution in [3.05, 3.63) is 184 Å². The number of nitrogens with one attached hydrogen (secondary N) is 2. The lowest BCUT2D eigenvalue weighted by molar-refractivity contribution is -0.346. The van der Waals surface area contributed by atoms with Gasteiger partial charge in [0.25, 0.3) is 5.91 Å². The number of carboxylic acid groups (broad SMARTS) is 2. The van der Waals surface area contributed by atoms with E-state index in [1.807, 2.05) is 12.1 Å². The van der Waals surface area contributed by atoms with Gasteiger partial charge >= 0.3 is 35.8 Å². The first-order valence-electron chi connectivity index (χ1n) is 39.2. The van der Waals surface area contributed by atoms with Crippen LogP contribution in [0.15, 0.2) is 151 Å². The summed E-state index contributed by atoms with van der Waals surface area (Å²) in [5.41, 5.74) is -6.81. The molecule has 2 bridgehead atoms. The van der Waals surface area contributed by atoms with Gasteiger partial charge in [0.2, 0.25) is 12.0 Å². The van der Waals surface area contributed by atoms with Crippen LogP contribution in [0.4, 0.5) is 5.69 Å². The van der Waals surface area contributed by atoms with E-state index in [2.05, 4.69) is 10.6 Å². The minimum absolute atomic E-state index is 0.0140. The number of carboxylic acids is 2. The van der Waals surface area contributed by atoms with Gasteiger partial charge in [-0.3, -0.25) is 38.4 Å². The van der Waals surface area contributed by atoms with Crippen LogP contribution in [-0.4, -0.2) is 131 Å². The summed E-state index contributed by atoms with van der Waals surface area (Å²) in [6.07, 6.45) is 5.03. The molecular formula is C88H104N2O22-2. The molecule has 11 atom stereocenters. The number of aryl methyl sites for hydroxylation is 1. The second kappa shape index (κ2) is 39.8. The molecule has 2 saturated carbocycles. The number of amides is 2. The fraction of sp³-hybridized carbons (Fsp3) is 0.500. The Morgan fingerprint density at radius 3 is 1.67 bits per heavy atom. The molecule has 3 aliphatic carbocycles. The van der Waals surface area contributed by atoms with Gasteiger partial charge in [-0.05, 0) is 109 Å². The minimum Gasteiger partial charge on any atom is -0.550 e. The van der Waals surface area contributed by atoms with Crippen LogP contribution in [0.2, 0.25) is 0 Å². The van der Waals surface area contributed by atoms with E-state index >= 15 is 14.4 Å². The average molecular weight is 1540 g/mol. The molecule has 1 aliphatic heterocycles. The molecule has 3 N–H and O–H groups in total. The highest BCUT2D eigenvalue weighted by molar-refractivity contribution is 5.98. The van der Waals surface area contributed by atoms with E-state index < -0.39 is 174 Å². The molecule has 5 aromatic rings. The van der Waals surface area contributed by atoms with E-state index in [0.717, 1.165) is 64.4 Å². The maximum Gasteiger partial charge on any atom is 0.350 e. The van der Waals surface area contributed by atoms with E-state index in [9.17, 15) is 58.5 Å². The molecule has 600 valence electrons. The molecule has 0 spiro atoms. The molecule has 9 rings (SSSR count). The van der Waals surface area contributed by atoms with Crippen molar-refractivity contribution in [3.8, 4) is 0 Å². The monoisotopic (exact) mass is 1540 g/mol. The van der Waals surface area contributed by atoms with Gasteiger partial charge in [0.05, 0.1) is 42.3 Å². The number of unbranched alkanes of at least 4 members (excludes halogenated alkanes) is 15. The predicted octanol–water partition coefficient (Wildman–Crippen LogP) is 11.1. The average Bonchev–Trinajstić information content (AvgIpc) is 0.667. The van der Waals surface area contributed by atoms with Crippen LogP contribution in [0, 0.1) is 16.7 Å². The second-order valence-electron chi connectivity index (χ2n) is 30.8. The highest BCUT2D eigenvalue weighted by atomic mass is 16.6. The first kappa shape index (κ1) is 85.8. The number of rotatable bonds is 41. The van der Waals surface area contributed by atoms with Crippen molar-refractivity contribution < 1.29 is 106 Å². The van der Waals surface area contributed by atoms with Crippen molar-refractivity contribution in [2.45, 2.75) is 256 Å². The summed E-state index contributed by atoms with van der Waals surface area (Å²) in [6, 6.07) is 34.9. The molecule has 0 radical (unpaired) electrons. The van der Waals surface area contributed by atoms with Crippen molar-refractivity contribution in [2.75, 3.05) is 11.9 Å². The maximum atomic E-state index is 16.7. The summed E-state index contributed by atoms with van der Waals surface area (Å²) in [7, 11) is 0. The topological polar surface area (TPSA) is 360 Å². The standard InChI is InChI=1S/C88H106N2O22/c1-56-67(108-84(104)77(75(61-33-25-21-26-34-61)90-81(100)62-35-27-22-28-36-62)110-73(98)51-49-70(94)89-65-46-42-59(43-47-65)32-24-19-17-15-13-11-9-7-8-10-12-14-16-18-20-31-39-71(95)96)54-88(105)80(111-83(103)64-37-29-23-30-38-64)78-86(6,79(99)76(107-57(2)91)74(56)85(88,4)5)68(53-69-87(78,55-106-69)112-58(3)92)109-72(97)50-48-66(93)52-60-40-44-63(45-41-60)82(101)102/h21-23,25-30,33-38,40-47,67-69,75-78,80,105H,7-20,24,31-32,39,48-55H2,1-6H3,(H,89,94)(H,90,100)(H,95,96)(H,101,102)/p-2/t67-,68-,69+,75-,76+,77+,78-,80-,86+,87-,88+/m0/s1. The lowest BCUT2D eigenvalue weighted by Gasteiger charge is -2.67. The summed E-state index contributed by atoms with van der Waals surface area (Å²) in [5.74, 6) is -13.3. The lowest BCUT2D eigenvalue weighted by atomic mass is 9.44. The summed E-state index contributed by atoms with van der Waals surface area (Å²) in [4.78, 5) is 167. The van der Waals surface area contributed by atoms with Gasteiger partial charge in [0.15, 0.2) is 17.5 Å². The Labute approximate surface area is 653 Å². The summed E-state index contributed by atoms with van der Waals surface area (Å²) in [5, 5.41) is 42.2. The van der Waals surface area contributed by atoms with E-state index in [0.29, 0.717) is 17.7 Å². The number of ether oxygens (including phenoxy) is 7. The summed E-state index contributed by atoms with van der Waals surface area (Å²) < 4.78 is 44.3. The van der Waals surface area contributed by atoms with Gasteiger partial charge in [-0.25, -0.2) is 9.59 Å². The van der Waals surface area contributed by atoms with Crippen LogP contribution < -0.4 is 20.8 Å². The molecule has 24 nitrogen and oxygen atoms in total. The van der Waals surface area contributed by atoms with Gasteiger partial charge in [0, 0.05) is 68.6 Å². The lowest BCUT2D eigenvalue weighted by Crippen LogP contribution is -2.82. The van der Waals surface area contributed by atoms with E-state index in [1.54, 1.807) is 78.9 Å². The Kier molecular flexibility index (Phi) is 30.5. The Morgan fingerprint density at radius 2 is 1.12 bits per heavy atom. The summed E-state index contributed by atoms with van der Waals surface area (Å²) in [6.45, 7) is 7.45. The van der Waals surface area contributed by atoms with Gasteiger partial charge in [-0.1, -0.05) is 207 Å². The van der Waals surface area contributed by atoms with Gasteiger partial charge in [-0.2, -0.15) is 0 Å². The van der Waals surface area contributed by atoms with Gasteiger partial charge in [-0.15, -0.1) is 0 Å². The Bertz CT molecular complexity index is 4160. The number of hydrogen-bond acceptors (Lipinski definition) is 22. The highest BCUT2D eigenvalue weighted by Gasteiger charge is 2.79. The smallest absolute Gasteiger partial charge is 0.350 e. The van der Waals surface area contributed by atoms with Crippen LogP contribution in [0.5, 0.6) is 0 Å². The van der Waals surface area contributed by atoms with Gasteiger partial charge < -0.3 is 68.7 Å². The molecule has 3 fully saturated rings. The zero-order chi connectivity index (χ0) is 80.8. The van der Waals surface area contributed by atoms with Crippen LogP contribution >= 0.6 is 0 Å². The Hall–Kier alpha value is -10.2. The predicted molar refractivity (Wildman–Crippen MR) is 406 cm³/mol. The normalized spacial score (nSPS) is 22.6. The van der Waals surface area contributed by atoms with E-state index in [4.69, 9.17) is 33.2 Å². The number of esters is 6. The zero-order valence-corrected chi connectivity index (χ0v) is 64.8. The zero-order valence-electron chi connectivity index (χ0n) is 64.8. The quantitative estimate of drug-likeness (QED) is 0.0142. The number of Topliss-reactive ketones (excluding diaryl/α,β-unsaturated/α-hetero) is 2. The third kappa shape index (κ3) is 21.7. The molecule has 5 aromatic carbocycles. The Balaban J connectivity index is 0.958. The molecule has 1 heterocycles. The first-order chi connectivity index (χ1) is 53.6. The number of aliphatic carboxylic acids is 1. The number of aliphatic hydroxyl groups is 1. The van der Waals surface area contributed by atoms with Crippen molar-refractivity contribution in [2.24, 2.45) is 16.7 Å². The maximum absolute atomic E-state index is 16.7. The van der Waals surface area contributed by atoms with Crippen LogP contribution in [0.3, 0.4) is 0 Å². The fourth-order valence-corrected chi connectivity index (χ4v) is 16.4. The third-order valence-electron chi connectivity index (χ3n) is 22.5. The molecule has 112 heavy (non-hydrogen) atoms. The highest BCUT2D eigenvalue weighted by Crippen LogP contribution is 2.65. The molecule has 0 unspecified atom stereocenters. The summed E-state index contributed by atoms with van der Waals surface area (Å²) >= 11 is 0. The van der Waals surface area contributed by atoms with E-state index in [1.165, 1.54) is 134 Å². The molecular weight excluding hydrogens is 1440 g/mol. The Morgan fingerprint density at radius 1 is 0.580 bits per heavy atom. The van der Waals surface area contributed by atoms with E-state index in [-0.39, 0.29) is 59.1 Å². The molecule has 0 aromatic heterocycles. The van der Waals surface area contributed by atoms with Crippen LogP contribution in [0.1, 0.15) is 243 Å². The third-order valence-corrected chi connectivity index (χ3v) is 22.5. The molecule has 4 aliphatic rings. The van der Waals surface area contributed by atoms with Crippen LogP contribution in [-0.2, 0) is 89.2 Å². The second-order valence-corrected chi connectivity index (χ2v) is 30.8. The SMILES string of the molecule is CC(=O)O[C@H]1C(=O)[C@]2(C)[C@@H](OC(=O)CCC(=O)Cc3ccc(C(=O)[O-])cc3)C[C@H]3OC[C@@]3(OC(C)=O)[C@H]2[C@H](OC(=O)c2ccccc2)[C@]2(O)C[C@H](OC(=O)[C@H](OC(=O)CCC(=O)Nc3ccc(CCCCCCCCCCCCCCCCCCC(=O)[O-])cc3)[C@@H](NC(=O)c3ccccc3)c3ccccc3)C(C)=C1C2(C)C. The van der Waals surface area contributed by atoms with Crippen LogP contribution in [0.25, 0.3) is 0 Å². The number of fused-ring (bicyclic) bond motifs is 5. The van der Waals surface area contributed by atoms with Crippen molar-refractivity contribution >= 4 is 76.8 Å². The number of hydrogen-bond donors (Lipinski definition) is 3. The fourth-order valence-electron chi connectivity index (χ4n) is 16.4. The number of carbonyl (C=O) groups is 12. The van der Waals surface area contributed by atoms with Crippen molar-refractivity contribution in [1.82, 2.24) is 5.32 Å².